The Hall–Kier alpha value is -1.80. The van der Waals surface area contributed by atoms with Gasteiger partial charge in [0.05, 0.1) is 7.11 Å². The molecule has 0 saturated heterocycles. The first-order valence-corrected chi connectivity index (χ1v) is 7.03. The monoisotopic (exact) mass is 269 g/mol. The number of benzene rings is 2. The predicted molar refractivity (Wildman–Crippen MR) is 84.2 cm³/mol. The van der Waals surface area contributed by atoms with E-state index in [0.29, 0.717) is 6.04 Å². The van der Waals surface area contributed by atoms with Crippen LogP contribution in [0.15, 0.2) is 42.5 Å². The molecule has 1 atom stereocenters. The molecule has 0 aliphatic rings. The Balaban J connectivity index is 1.98. The van der Waals surface area contributed by atoms with Crippen LogP contribution in [0.5, 0.6) is 5.75 Å². The Morgan fingerprint density at radius 2 is 1.60 bits per heavy atom. The highest BCUT2D eigenvalue weighted by molar-refractivity contribution is 5.30. The summed E-state index contributed by atoms with van der Waals surface area (Å²) in [5, 5.41) is 3.57. The minimum absolute atomic E-state index is 0.321. The van der Waals surface area contributed by atoms with Crippen LogP contribution in [-0.2, 0) is 6.54 Å². The minimum atomic E-state index is 0.321. The Morgan fingerprint density at radius 3 is 2.15 bits per heavy atom. The topological polar surface area (TPSA) is 21.3 Å². The molecular formula is C18H23NO. The Morgan fingerprint density at radius 1 is 1.00 bits per heavy atom. The van der Waals surface area contributed by atoms with Gasteiger partial charge in [-0.15, -0.1) is 0 Å². The van der Waals surface area contributed by atoms with Gasteiger partial charge in [0, 0.05) is 12.6 Å². The molecule has 0 saturated carbocycles. The lowest BCUT2D eigenvalue weighted by molar-refractivity contribution is 0.414. The van der Waals surface area contributed by atoms with Crippen molar-refractivity contribution in [3.8, 4) is 5.75 Å². The highest BCUT2D eigenvalue weighted by Gasteiger charge is 2.05. The lowest BCUT2D eigenvalue weighted by Gasteiger charge is -2.15. The molecular weight excluding hydrogens is 246 g/mol. The van der Waals surface area contributed by atoms with Gasteiger partial charge in [-0.2, -0.15) is 0 Å². The Labute approximate surface area is 121 Å². The minimum Gasteiger partial charge on any atom is -0.497 e. The molecule has 0 spiro atoms. The lowest BCUT2D eigenvalue weighted by Crippen LogP contribution is -2.18. The zero-order chi connectivity index (χ0) is 14.5. The zero-order valence-electron chi connectivity index (χ0n) is 12.7. The molecule has 0 bridgehead atoms. The van der Waals surface area contributed by atoms with E-state index in [9.17, 15) is 0 Å². The third-order valence-electron chi connectivity index (χ3n) is 3.51. The largest absolute Gasteiger partial charge is 0.497 e. The quantitative estimate of drug-likeness (QED) is 0.880. The van der Waals surface area contributed by atoms with Gasteiger partial charge in [0.2, 0.25) is 0 Å². The van der Waals surface area contributed by atoms with Crippen LogP contribution in [0.4, 0.5) is 0 Å². The fourth-order valence-corrected chi connectivity index (χ4v) is 2.45. The smallest absolute Gasteiger partial charge is 0.118 e. The summed E-state index contributed by atoms with van der Waals surface area (Å²) in [6.45, 7) is 7.35. The zero-order valence-corrected chi connectivity index (χ0v) is 12.7. The molecule has 2 heteroatoms. The van der Waals surface area contributed by atoms with E-state index in [1.807, 2.05) is 12.1 Å². The maximum atomic E-state index is 5.18. The number of hydrogen-bond acceptors (Lipinski definition) is 2. The number of methoxy groups -OCH3 is 1. The molecule has 20 heavy (non-hydrogen) atoms. The van der Waals surface area contributed by atoms with Gasteiger partial charge < -0.3 is 10.1 Å². The molecule has 0 aliphatic heterocycles. The summed E-state index contributed by atoms with van der Waals surface area (Å²) in [5.41, 5.74) is 5.25. The standard InChI is InChI=1S/C18H23NO/c1-13-9-14(2)11-16(10-13)12-19-15(3)17-5-7-18(20-4)8-6-17/h5-11,15,19H,12H2,1-4H3. The molecule has 0 radical (unpaired) electrons. The van der Waals surface area contributed by atoms with E-state index in [4.69, 9.17) is 4.74 Å². The van der Waals surface area contributed by atoms with Crippen molar-refractivity contribution in [3.05, 3.63) is 64.7 Å². The van der Waals surface area contributed by atoms with Crippen molar-refractivity contribution in [2.75, 3.05) is 7.11 Å². The van der Waals surface area contributed by atoms with Crippen LogP contribution < -0.4 is 10.1 Å². The van der Waals surface area contributed by atoms with Gasteiger partial charge in [-0.05, 0) is 44.0 Å². The second-order valence-corrected chi connectivity index (χ2v) is 5.37. The van der Waals surface area contributed by atoms with Crippen molar-refractivity contribution in [1.82, 2.24) is 5.32 Å². The van der Waals surface area contributed by atoms with Crippen LogP contribution in [0.1, 0.15) is 35.2 Å². The maximum Gasteiger partial charge on any atom is 0.118 e. The Kier molecular flexibility index (Phi) is 4.80. The fourth-order valence-electron chi connectivity index (χ4n) is 2.45. The molecule has 2 rings (SSSR count). The molecule has 1 N–H and O–H groups in total. The van der Waals surface area contributed by atoms with Crippen LogP contribution in [0.25, 0.3) is 0 Å². The molecule has 0 fully saturated rings. The highest BCUT2D eigenvalue weighted by atomic mass is 16.5. The molecule has 2 aromatic rings. The van der Waals surface area contributed by atoms with E-state index in [1.165, 1.54) is 22.3 Å². The highest BCUT2D eigenvalue weighted by Crippen LogP contribution is 2.18. The second-order valence-electron chi connectivity index (χ2n) is 5.37. The van der Waals surface area contributed by atoms with Gasteiger partial charge in [-0.3, -0.25) is 0 Å². The number of rotatable bonds is 5. The van der Waals surface area contributed by atoms with Crippen LogP contribution in [0, 0.1) is 13.8 Å². The van der Waals surface area contributed by atoms with Crippen molar-refractivity contribution in [2.45, 2.75) is 33.4 Å². The summed E-state index contributed by atoms with van der Waals surface area (Å²) in [4.78, 5) is 0. The lowest BCUT2D eigenvalue weighted by atomic mass is 10.1. The first-order chi connectivity index (χ1) is 9.58. The van der Waals surface area contributed by atoms with E-state index >= 15 is 0 Å². The van der Waals surface area contributed by atoms with Gasteiger partial charge in [0.1, 0.15) is 5.75 Å². The third kappa shape index (κ3) is 3.84. The van der Waals surface area contributed by atoms with Gasteiger partial charge in [-0.25, -0.2) is 0 Å². The molecule has 0 aromatic heterocycles. The molecule has 0 amide bonds. The molecule has 0 heterocycles. The normalized spacial score (nSPS) is 12.2. The van der Waals surface area contributed by atoms with Crippen molar-refractivity contribution < 1.29 is 4.74 Å². The number of hydrogen-bond donors (Lipinski definition) is 1. The van der Waals surface area contributed by atoms with Gasteiger partial charge in [-0.1, -0.05) is 41.5 Å². The second kappa shape index (κ2) is 6.58. The van der Waals surface area contributed by atoms with Crippen molar-refractivity contribution in [2.24, 2.45) is 0 Å². The average Bonchev–Trinajstić information content (AvgIpc) is 2.44. The first kappa shape index (κ1) is 14.6. The summed E-state index contributed by atoms with van der Waals surface area (Å²) in [6.07, 6.45) is 0. The van der Waals surface area contributed by atoms with Crippen molar-refractivity contribution >= 4 is 0 Å². The average molecular weight is 269 g/mol. The van der Waals surface area contributed by atoms with Crippen molar-refractivity contribution in [1.29, 1.82) is 0 Å². The van der Waals surface area contributed by atoms with Crippen LogP contribution >= 0.6 is 0 Å². The molecule has 2 nitrogen and oxygen atoms in total. The van der Waals surface area contributed by atoms with E-state index in [-0.39, 0.29) is 0 Å². The van der Waals surface area contributed by atoms with Gasteiger partial charge in [0.15, 0.2) is 0 Å². The number of nitrogens with one attached hydrogen (secondary N) is 1. The maximum absolute atomic E-state index is 5.18. The van der Waals surface area contributed by atoms with E-state index < -0.39 is 0 Å². The molecule has 106 valence electrons. The third-order valence-corrected chi connectivity index (χ3v) is 3.51. The van der Waals surface area contributed by atoms with Gasteiger partial charge >= 0.3 is 0 Å². The van der Waals surface area contributed by atoms with E-state index in [0.717, 1.165) is 12.3 Å². The van der Waals surface area contributed by atoms with Crippen molar-refractivity contribution in [3.63, 3.8) is 0 Å². The summed E-state index contributed by atoms with van der Waals surface area (Å²) in [7, 11) is 1.69. The first-order valence-electron chi connectivity index (χ1n) is 7.03. The van der Waals surface area contributed by atoms with Crippen LogP contribution in [0.3, 0.4) is 0 Å². The molecule has 2 aromatic carbocycles. The number of aryl methyl sites for hydroxylation is 2. The SMILES string of the molecule is COc1ccc(C(C)NCc2cc(C)cc(C)c2)cc1. The number of ether oxygens (including phenoxy) is 1. The van der Waals surface area contributed by atoms with Crippen LogP contribution in [0.2, 0.25) is 0 Å². The fraction of sp³-hybridized carbons (Fsp3) is 0.333. The molecule has 0 aliphatic carbocycles. The summed E-state index contributed by atoms with van der Waals surface area (Å²) in [5.74, 6) is 0.898. The molecule has 1 unspecified atom stereocenters. The summed E-state index contributed by atoms with van der Waals surface area (Å²) < 4.78 is 5.18. The summed E-state index contributed by atoms with van der Waals surface area (Å²) in [6, 6.07) is 15.2. The van der Waals surface area contributed by atoms with E-state index in [2.05, 4.69) is 56.4 Å². The predicted octanol–water partition coefficient (Wildman–Crippen LogP) is 4.16. The van der Waals surface area contributed by atoms with Crippen LogP contribution in [-0.4, -0.2) is 7.11 Å². The summed E-state index contributed by atoms with van der Waals surface area (Å²) >= 11 is 0. The Bertz CT molecular complexity index is 540. The van der Waals surface area contributed by atoms with E-state index in [1.54, 1.807) is 7.11 Å². The van der Waals surface area contributed by atoms with Gasteiger partial charge in [0.25, 0.3) is 0 Å².